The Labute approximate surface area is 149 Å². The molecule has 2 heterocycles. The molecule has 7 heteroatoms. The SMILES string of the molecule is CCCc1cn(Cc2c(Cl)cccc2OCC)c(=O)c2[nH]c(=O)oc12. The fraction of sp³-hybridized carbons (Fsp3) is 0.333. The number of ether oxygens (including phenoxy) is 1. The summed E-state index contributed by atoms with van der Waals surface area (Å²) in [5, 5.41) is 0.524. The molecule has 0 bridgehead atoms. The lowest BCUT2D eigenvalue weighted by Crippen LogP contribution is -2.22. The van der Waals surface area contributed by atoms with Crippen LogP contribution in [0.3, 0.4) is 0 Å². The van der Waals surface area contributed by atoms with Crippen molar-refractivity contribution < 1.29 is 9.15 Å². The van der Waals surface area contributed by atoms with E-state index in [4.69, 9.17) is 20.8 Å². The van der Waals surface area contributed by atoms with Crippen LogP contribution in [0.25, 0.3) is 11.1 Å². The summed E-state index contributed by atoms with van der Waals surface area (Å²) in [5.41, 5.74) is 1.71. The van der Waals surface area contributed by atoms with E-state index >= 15 is 0 Å². The number of oxazole rings is 1. The summed E-state index contributed by atoms with van der Waals surface area (Å²) < 4.78 is 12.3. The lowest BCUT2D eigenvalue weighted by atomic mass is 10.1. The van der Waals surface area contributed by atoms with Gasteiger partial charge in [-0.25, -0.2) is 4.79 Å². The van der Waals surface area contributed by atoms with Crippen molar-refractivity contribution in [2.24, 2.45) is 0 Å². The minimum atomic E-state index is -0.630. The lowest BCUT2D eigenvalue weighted by Gasteiger charge is -2.14. The van der Waals surface area contributed by atoms with Gasteiger partial charge >= 0.3 is 5.76 Å². The first-order valence-electron chi connectivity index (χ1n) is 8.20. The quantitative estimate of drug-likeness (QED) is 0.729. The van der Waals surface area contributed by atoms with Gasteiger partial charge in [-0.3, -0.25) is 9.78 Å². The van der Waals surface area contributed by atoms with Gasteiger partial charge in [0.05, 0.1) is 13.2 Å². The molecule has 2 aromatic heterocycles. The van der Waals surface area contributed by atoms with Gasteiger partial charge in [0, 0.05) is 22.3 Å². The zero-order chi connectivity index (χ0) is 18.0. The van der Waals surface area contributed by atoms with Crippen LogP contribution in [0, 0.1) is 0 Å². The zero-order valence-electron chi connectivity index (χ0n) is 14.1. The van der Waals surface area contributed by atoms with Crippen molar-refractivity contribution >= 4 is 22.7 Å². The van der Waals surface area contributed by atoms with Gasteiger partial charge in [0.2, 0.25) is 0 Å². The van der Waals surface area contributed by atoms with Crippen molar-refractivity contribution in [2.45, 2.75) is 33.2 Å². The first-order chi connectivity index (χ1) is 12.0. The van der Waals surface area contributed by atoms with Crippen LogP contribution in [0.15, 0.2) is 38.4 Å². The number of aryl methyl sites for hydroxylation is 1. The van der Waals surface area contributed by atoms with Gasteiger partial charge < -0.3 is 13.7 Å². The maximum atomic E-state index is 12.7. The van der Waals surface area contributed by atoms with Crippen molar-refractivity contribution in [3.63, 3.8) is 0 Å². The number of H-pyrrole nitrogens is 1. The Morgan fingerprint density at radius 2 is 2.08 bits per heavy atom. The summed E-state index contributed by atoms with van der Waals surface area (Å²) in [5.74, 6) is 0.00896. The Morgan fingerprint density at radius 3 is 2.80 bits per heavy atom. The topological polar surface area (TPSA) is 77.2 Å². The maximum absolute atomic E-state index is 12.7. The second-order valence-electron chi connectivity index (χ2n) is 5.71. The number of nitrogens with zero attached hydrogens (tertiary/aromatic N) is 1. The van der Waals surface area contributed by atoms with Gasteiger partial charge in [0.1, 0.15) is 5.75 Å². The van der Waals surface area contributed by atoms with Crippen LogP contribution >= 0.6 is 11.6 Å². The summed E-state index contributed by atoms with van der Waals surface area (Å²) in [6, 6.07) is 5.38. The molecule has 1 aromatic carbocycles. The van der Waals surface area contributed by atoms with Gasteiger partial charge in [-0.05, 0) is 25.5 Å². The Morgan fingerprint density at radius 1 is 1.28 bits per heavy atom. The number of hydrogen-bond acceptors (Lipinski definition) is 4. The smallest absolute Gasteiger partial charge is 0.417 e. The summed E-state index contributed by atoms with van der Waals surface area (Å²) in [6.45, 7) is 4.65. The van der Waals surface area contributed by atoms with E-state index in [0.29, 0.717) is 29.4 Å². The monoisotopic (exact) mass is 362 g/mol. The average molecular weight is 363 g/mol. The molecule has 0 saturated carbocycles. The molecule has 6 nitrogen and oxygen atoms in total. The lowest BCUT2D eigenvalue weighted by molar-refractivity contribution is 0.335. The van der Waals surface area contributed by atoms with Crippen LogP contribution in [-0.4, -0.2) is 16.2 Å². The fourth-order valence-corrected chi connectivity index (χ4v) is 3.10. The highest BCUT2D eigenvalue weighted by molar-refractivity contribution is 6.31. The number of halogens is 1. The Hall–Kier alpha value is -2.47. The summed E-state index contributed by atoms with van der Waals surface area (Å²) in [4.78, 5) is 26.8. The highest BCUT2D eigenvalue weighted by atomic mass is 35.5. The van der Waals surface area contributed by atoms with Gasteiger partial charge in [-0.1, -0.05) is 31.0 Å². The fourth-order valence-electron chi connectivity index (χ4n) is 2.87. The number of hydrogen-bond donors (Lipinski definition) is 1. The molecule has 3 rings (SSSR count). The predicted molar refractivity (Wildman–Crippen MR) is 96.8 cm³/mol. The number of rotatable bonds is 6. The van der Waals surface area contributed by atoms with Crippen LogP contribution in [0.4, 0.5) is 0 Å². The minimum Gasteiger partial charge on any atom is -0.493 e. The number of fused-ring (bicyclic) bond motifs is 1. The summed E-state index contributed by atoms with van der Waals surface area (Å²) in [6.07, 6.45) is 3.28. The van der Waals surface area contributed by atoms with Crippen LogP contribution in [0.5, 0.6) is 5.75 Å². The Kier molecular flexibility index (Phi) is 4.99. The molecule has 1 N–H and O–H groups in total. The second-order valence-corrected chi connectivity index (χ2v) is 6.11. The van der Waals surface area contributed by atoms with Crippen molar-refractivity contribution in [3.05, 3.63) is 61.4 Å². The van der Waals surface area contributed by atoms with Crippen molar-refractivity contribution in [2.75, 3.05) is 6.61 Å². The van der Waals surface area contributed by atoms with Crippen LogP contribution in [0.2, 0.25) is 5.02 Å². The predicted octanol–water partition coefficient (Wildman–Crippen LogP) is 3.34. The second kappa shape index (κ2) is 7.19. The highest BCUT2D eigenvalue weighted by Crippen LogP contribution is 2.27. The van der Waals surface area contributed by atoms with E-state index in [1.165, 1.54) is 4.57 Å². The van der Waals surface area contributed by atoms with Gasteiger partial charge in [0.25, 0.3) is 5.56 Å². The molecule has 132 valence electrons. The number of pyridine rings is 1. The van der Waals surface area contributed by atoms with Crippen LogP contribution < -0.4 is 16.1 Å². The molecule has 0 amide bonds. The van der Waals surface area contributed by atoms with Crippen molar-refractivity contribution in [1.29, 1.82) is 0 Å². The Balaban J connectivity index is 2.16. The first kappa shape index (κ1) is 17.4. The third-order valence-corrected chi connectivity index (χ3v) is 4.30. The largest absolute Gasteiger partial charge is 0.493 e. The normalized spacial score (nSPS) is 11.2. The highest BCUT2D eigenvalue weighted by Gasteiger charge is 2.16. The third kappa shape index (κ3) is 3.35. The third-order valence-electron chi connectivity index (χ3n) is 3.95. The molecule has 0 aliphatic heterocycles. The maximum Gasteiger partial charge on any atom is 0.417 e. The van der Waals surface area contributed by atoms with Crippen LogP contribution in [0.1, 0.15) is 31.4 Å². The molecule has 25 heavy (non-hydrogen) atoms. The van der Waals surface area contributed by atoms with E-state index in [0.717, 1.165) is 17.5 Å². The molecule has 0 atom stereocenters. The molecule has 3 aromatic rings. The van der Waals surface area contributed by atoms with Crippen molar-refractivity contribution in [3.8, 4) is 5.75 Å². The summed E-state index contributed by atoms with van der Waals surface area (Å²) >= 11 is 6.32. The molecule has 0 fully saturated rings. The first-order valence-corrected chi connectivity index (χ1v) is 8.58. The van der Waals surface area contributed by atoms with E-state index in [9.17, 15) is 9.59 Å². The van der Waals surface area contributed by atoms with Gasteiger partial charge in [0.15, 0.2) is 11.1 Å². The average Bonchev–Trinajstić information content (AvgIpc) is 2.97. The molecule has 0 unspecified atom stereocenters. The molecule has 0 spiro atoms. The van der Waals surface area contributed by atoms with E-state index in [1.807, 2.05) is 19.9 Å². The minimum absolute atomic E-state index is 0.181. The zero-order valence-corrected chi connectivity index (χ0v) is 14.9. The van der Waals surface area contributed by atoms with E-state index in [-0.39, 0.29) is 17.6 Å². The van der Waals surface area contributed by atoms with Crippen LogP contribution in [-0.2, 0) is 13.0 Å². The Bertz CT molecular complexity index is 1020. The van der Waals surface area contributed by atoms with E-state index in [2.05, 4.69) is 4.98 Å². The van der Waals surface area contributed by atoms with Crippen molar-refractivity contribution in [1.82, 2.24) is 9.55 Å². The number of nitrogens with one attached hydrogen (secondary N) is 1. The molecule has 0 aliphatic carbocycles. The standard InChI is InChI=1S/C18H19ClN2O4/c1-3-6-11-9-21(17(22)15-16(11)25-18(23)20-15)10-12-13(19)7-5-8-14(12)24-4-2/h5,7-9H,3-4,6,10H2,1-2H3,(H,20,23). The molecule has 0 saturated heterocycles. The molecule has 0 aliphatic rings. The molecular weight excluding hydrogens is 344 g/mol. The number of benzene rings is 1. The molecular formula is C18H19ClN2O4. The number of aromatic nitrogens is 2. The molecule has 0 radical (unpaired) electrons. The van der Waals surface area contributed by atoms with E-state index < -0.39 is 5.76 Å². The van der Waals surface area contributed by atoms with Gasteiger partial charge in [-0.15, -0.1) is 0 Å². The summed E-state index contributed by atoms with van der Waals surface area (Å²) in [7, 11) is 0. The van der Waals surface area contributed by atoms with Gasteiger partial charge in [-0.2, -0.15) is 0 Å². The number of aromatic amines is 1. The van der Waals surface area contributed by atoms with E-state index in [1.54, 1.807) is 18.3 Å².